The van der Waals surface area contributed by atoms with Crippen molar-refractivity contribution in [2.75, 3.05) is 5.32 Å². The molecule has 0 fully saturated rings. The van der Waals surface area contributed by atoms with Gasteiger partial charge in [-0.2, -0.15) is 10.2 Å². The van der Waals surface area contributed by atoms with E-state index in [0.717, 1.165) is 35.5 Å². The van der Waals surface area contributed by atoms with Crippen molar-refractivity contribution in [2.24, 2.45) is 0 Å². The maximum atomic E-state index is 13.1. The second-order valence-electron chi connectivity index (χ2n) is 8.21. The molecule has 0 aliphatic rings. The van der Waals surface area contributed by atoms with Gasteiger partial charge in [0.05, 0.1) is 11.3 Å². The molecule has 2 heterocycles. The summed E-state index contributed by atoms with van der Waals surface area (Å²) in [5.41, 5.74) is 5.04. The number of carbonyl (C=O) groups is 1. The third-order valence-electron chi connectivity index (χ3n) is 5.42. The Morgan fingerprint density at radius 2 is 2.06 bits per heavy atom. The molecule has 0 bridgehead atoms. The molecule has 0 aliphatic heterocycles. The summed E-state index contributed by atoms with van der Waals surface area (Å²) in [5, 5.41) is 16.6. The van der Waals surface area contributed by atoms with Crippen LogP contribution in [0.5, 0.6) is 0 Å². The minimum atomic E-state index is -0.480. The zero-order valence-corrected chi connectivity index (χ0v) is 19.5. The van der Waals surface area contributed by atoms with Gasteiger partial charge in [-0.3, -0.25) is 4.79 Å². The van der Waals surface area contributed by atoms with Crippen molar-refractivity contribution in [3.05, 3.63) is 58.2 Å². The fourth-order valence-corrected chi connectivity index (χ4v) is 3.62. The maximum Gasteiger partial charge on any atom is 0.266 e. The molecule has 0 atom stereocenters. The van der Waals surface area contributed by atoms with Crippen LogP contribution in [0.3, 0.4) is 0 Å². The Morgan fingerprint density at radius 3 is 2.69 bits per heavy atom. The van der Waals surface area contributed by atoms with Crippen molar-refractivity contribution < 1.29 is 9.32 Å². The minimum absolute atomic E-state index is 0.0318. The van der Waals surface area contributed by atoms with Gasteiger partial charge >= 0.3 is 0 Å². The lowest BCUT2D eigenvalue weighted by Crippen LogP contribution is -2.15. The molecule has 7 nitrogen and oxygen atoms in total. The Kier molecular flexibility index (Phi) is 6.94. The highest BCUT2D eigenvalue weighted by Gasteiger charge is 2.19. The van der Waals surface area contributed by atoms with E-state index >= 15 is 0 Å². The summed E-state index contributed by atoms with van der Waals surface area (Å²) in [6.45, 7) is 12.9. The first-order valence-electron chi connectivity index (χ1n) is 10.8. The number of anilines is 1. The second-order valence-corrected chi connectivity index (χ2v) is 8.21. The highest BCUT2D eigenvalue weighted by molar-refractivity contribution is 6.11. The summed E-state index contributed by atoms with van der Waals surface area (Å²) in [5.74, 6) is 0.569. The van der Waals surface area contributed by atoms with Crippen molar-refractivity contribution >= 4 is 17.7 Å². The summed E-state index contributed by atoms with van der Waals surface area (Å²) >= 11 is 0. The summed E-state index contributed by atoms with van der Waals surface area (Å²) in [6.07, 6.45) is 2.65. The van der Waals surface area contributed by atoms with Gasteiger partial charge in [0.15, 0.2) is 5.82 Å². The molecular formula is C25H29N5O2. The van der Waals surface area contributed by atoms with E-state index in [1.54, 1.807) is 6.08 Å². The van der Waals surface area contributed by atoms with Gasteiger partial charge in [-0.15, -0.1) is 0 Å². The zero-order valence-electron chi connectivity index (χ0n) is 19.5. The van der Waals surface area contributed by atoms with E-state index in [1.165, 1.54) is 0 Å². The number of aromatic nitrogens is 3. The van der Waals surface area contributed by atoms with Crippen LogP contribution >= 0.6 is 0 Å². The highest BCUT2D eigenvalue weighted by atomic mass is 16.5. The molecule has 0 spiro atoms. The zero-order chi connectivity index (χ0) is 23.4. The lowest BCUT2D eigenvalue weighted by Gasteiger charge is -2.11. The molecule has 0 radical (unpaired) electrons. The largest absolute Gasteiger partial charge is 0.349 e. The van der Waals surface area contributed by atoms with Crippen molar-refractivity contribution in [3.8, 4) is 17.5 Å². The molecule has 0 unspecified atom stereocenters. The minimum Gasteiger partial charge on any atom is -0.349 e. The smallest absolute Gasteiger partial charge is 0.266 e. The molecule has 1 N–H and O–H groups in total. The molecular weight excluding hydrogens is 402 g/mol. The lowest BCUT2D eigenvalue weighted by atomic mass is 10.1. The first kappa shape index (κ1) is 23.0. The third kappa shape index (κ3) is 4.65. The molecule has 0 saturated carbocycles. The fourth-order valence-electron chi connectivity index (χ4n) is 3.62. The molecule has 166 valence electrons. The van der Waals surface area contributed by atoms with Crippen LogP contribution in [0.15, 0.2) is 34.4 Å². The van der Waals surface area contributed by atoms with E-state index in [4.69, 9.17) is 4.52 Å². The van der Waals surface area contributed by atoms with E-state index in [0.29, 0.717) is 23.0 Å². The summed E-state index contributed by atoms with van der Waals surface area (Å²) in [6, 6.07) is 9.61. The van der Waals surface area contributed by atoms with Crippen LogP contribution in [0.1, 0.15) is 61.4 Å². The number of aryl methyl sites for hydroxylation is 2. The topological polar surface area (TPSA) is 96.7 Å². The van der Waals surface area contributed by atoms with E-state index < -0.39 is 5.91 Å². The van der Waals surface area contributed by atoms with Gasteiger partial charge in [-0.05, 0) is 56.5 Å². The van der Waals surface area contributed by atoms with Gasteiger partial charge in [0.25, 0.3) is 11.8 Å². The van der Waals surface area contributed by atoms with Crippen LogP contribution in [0.2, 0.25) is 0 Å². The molecule has 3 rings (SSSR count). The van der Waals surface area contributed by atoms with Gasteiger partial charge in [0.2, 0.25) is 0 Å². The average Bonchev–Trinajstić information content (AvgIpc) is 3.34. The lowest BCUT2D eigenvalue weighted by molar-refractivity contribution is -0.112. The number of amides is 1. The predicted molar refractivity (Wildman–Crippen MR) is 125 cm³/mol. The van der Waals surface area contributed by atoms with Gasteiger partial charge in [-0.25, -0.2) is 0 Å². The molecule has 7 heteroatoms. The van der Waals surface area contributed by atoms with E-state index in [9.17, 15) is 10.1 Å². The van der Waals surface area contributed by atoms with Crippen LogP contribution in [-0.2, 0) is 11.3 Å². The van der Waals surface area contributed by atoms with Crippen LogP contribution < -0.4 is 5.32 Å². The predicted octanol–water partition coefficient (Wildman–Crippen LogP) is 5.54. The normalized spacial score (nSPS) is 11.6. The number of para-hydroxylation sites is 1. The summed E-state index contributed by atoms with van der Waals surface area (Å²) in [4.78, 5) is 17.5. The van der Waals surface area contributed by atoms with Gasteiger partial charge in [-0.1, -0.05) is 38.1 Å². The Labute approximate surface area is 188 Å². The van der Waals surface area contributed by atoms with Crippen molar-refractivity contribution in [3.63, 3.8) is 0 Å². The van der Waals surface area contributed by atoms with Gasteiger partial charge < -0.3 is 14.4 Å². The summed E-state index contributed by atoms with van der Waals surface area (Å²) < 4.78 is 7.63. The number of nitriles is 1. The number of carbonyl (C=O) groups excluding carboxylic acids is 1. The maximum absolute atomic E-state index is 13.1. The molecule has 1 amide bonds. The molecule has 0 aliphatic carbocycles. The number of nitrogens with zero attached hydrogens (tertiary/aromatic N) is 4. The summed E-state index contributed by atoms with van der Waals surface area (Å²) in [7, 11) is 0. The van der Waals surface area contributed by atoms with E-state index in [-0.39, 0.29) is 11.5 Å². The van der Waals surface area contributed by atoms with Crippen LogP contribution in [-0.4, -0.2) is 20.6 Å². The van der Waals surface area contributed by atoms with Crippen LogP contribution in [0.25, 0.3) is 17.5 Å². The number of nitrogens with one attached hydrogen (secondary N) is 1. The molecule has 0 saturated heterocycles. The standard InChI is InChI=1S/C25H29N5O2/c1-7-11-30-17(5)12-19(18(30)6)13-20(14-26)24(31)27-22-16(4)9-8-10-21(22)25-28-23(15(2)3)29-32-25/h8-10,12-13,15H,7,11H2,1-6H3,(H,27,31)/b20-13-. The molecule has 32 heavy (non-hydrogen) atoms. The van der Waals surface area contributed by atoms with Crippen molar-refractivity contribution in [2.45, 2.75) is 60.4 Å². The molecule has 1 aromatic carbocycles. The Bertz CT molecular complexity index is 1210. The van der Waals surface area contributed by atoms with E-state index in [2.05, 4.69) is 26.9 Å². The monoisotopic (exact) mass is 431 g/mol. The SMILES string of the molecule is CCCn1c(C)cc(/C=C(/C#N)C(=O)Nc2c(C)cccc2-c2nc(C(C)C)no2)c1C. The van der Waals surface area contributed by atoms with Crippen molar-refractivity contribution in [1.29, 1.82) is 5.26 Å². The van der Waals surface area contributed by atoms with Gasteiger partial charge in [0, 0.05) is 23.9 Å². The average molecular weight is 432 g/mol. The first-order valence-corrected chi connectivity index (χ1v) is 10.8. The van der Waals surface area contributed by atoms with Crippen molar-refractivity contribution in [1.82, 2.24) is 14.7 Å². The van der Waals surface area contributed by atoms with Crippen LogP contribution in [0, 0.1) is 32.1 Å². The fraction of sp³-hybridized carbons (Fsp3) is 0.360. The number of hydrogen-bond acceptors (Lipinski definition) is 5. The first-order chi connectivity index (χ1) is 15.3. The Morgan fingerprint density at radius 1 is 1.31 bits per heavy atom. The highest BCUT2D eigenvalue weighted by Crippen LogP contribution is 2.31. The number of rotatable bonds is 7. The Hall–Kier alpha value is -3.66. The number of benzene rings is 1. The quantitative estimate of drug-likeness (QED) is 0.391. The van der Waals surface area contributed by atoms with Crippen LogP contribution in [0.4, 0.5) is 5.69 Å². The molecule has 3 aromatic rings. The Balaban J connectivity index is 1.95. The van der Waals surface area contributed by atoms with Gasteiger partial charge in [0.1, 0.15) is 11.6 Å². The second kappa shape index (κ2) is 9.65. The molecule has 2 aromatic heterocycles. The number of hydrogen-bond donors (Lipinski definition) is 1. The third-order valence-corrected chi connectivity index (χ3v) is 5.42. The van der Waals surface area contributed by atoms with E-state index in [1.807, 2.05) is 65.0 Å².